The van der Waals surface area contributed by atoms with Crippen LogP contribution in [-0.4, -0.2) is 26.8 Å². The Labute approximate surface area is 92.2 Å². The minimum absolute atomic E-state index is 0.348. The molecule has 1 aromatic rings. The van der Waals surface area contributed by atoms with Crippen molar-refractivity contribution in [1.82, 2.24) is 14.9 Å². The van der Waals surface area contributed by atoms with E-state index in [0.717, 1.165) is 13.0 Å². The highest BCUT2D eigenvalue weighted by molar-refractivity contribution is 6.53. The molecule has 0 saturated heterocycles. The Bertz CT molecular complexity index is 274. The summed E-state index contributed by atoms with van der Waals surface area (Å²) in [5, 5.41) is 2.61. The topological polar surface area (TPSA) is 46.9 Å². The predicted octanol–water partition coefficient (Wildman–Crippen LogP) is 1.19. The van der Waals surface area contributed by atoms with Gasteiger partial charge in [-0.15, -0.1) is 0 Å². The van der Waals surface area contributed by atoms with E-state index in [0.29, 0.717) is 6.54 Å². The number of aromatic nitrogens is 2. The Hall–Kier alpha value is -0.740. The van der Waals surface area contributed by atoms with E-state index in [1.54, 1.807) is 12.5 Å². The van der Waals surface area contributed by atoms with Crippen LogP contribution in [0.2, 0.25) is 0 Å². The zero-order valence-corrected chi connectivity index (χ0v) is 9.00. The Kier molecular flexibility index (Phi) is 4.76. The van der Waals surface area contributed by atoms with Crippen LogP contribution in [-0.2, 0) is 11.3 Å². The van der Waals surface area contributed by atoms with Gasteiger partial charge >= 0.3 is 0 Å². The molecule has 1 N–H and O–H groups in total. The summed E-state index contributed by atoms with van der Waals surface area (Å²) in [7, 11) is 0. The zero-order valence-electron chi connectivity index (χ0n) is 7.49. The van der Waals surface area contributed by atoms with Crippen LogP contribution in [0.25, 0.3) is 0 Å². The van der Waals surface area contributed by atoms with E-state index >= 15 is 0 Å². The summed E-state index contributed by atoms with van der Waals surface area (Å²) in [6, 6.07) is 0. The van der Waals surface area contributed by atoms with E-state index in [2.05, 4.69) is 10.3 Å². The van der Waals surface area contributed by atoms with Crippen molar-refractivity contribution in [3.8, 4) is 0 Å². The molecule has 0 saturated carbocycles. The van der Waals surface area contributed by atoms with E-state index in [-0.39, 0.29) is 5.91 Å². The van der Waals surface area contributed by atoms with Crippen molar-refractivity contribution < 1.29 is 4.79 Å². The lowest BCUT2D eigenvalue weighted by Gasteiger charge is -2.05. The van der Waals surface area contributed by atoms with Crippen molar-refractivity contribution in [1.29, 1.82) is 0 Å². The maximum atomic E-state index is 10.9. The van der Waals surface area contributed by atoms with Gasteiger partial charge in [0.2, 0.25) is 0 Å². The van der Waals surface area contributed by atoms with Gasteiger partial charge in [-0.25, -0.2) is 4.98 Å². The van der Waals surface area contributed by atoms with Crippen molar-refractivity contribution >= 4 is 29.1 Å². The lowest BCUT2D eigenvalue weighted by Crippen LogP contribution is -2.29. The third-order valence-corrected chi connectivity index (χ3v) is 2.05. The standard InChI is InChI=1S/C8H11Cl2N3O/c9-7(10)8(14)12-2-1-4-13-5-3-11-6-13/h3,5-7H,1-2,4H2,(H,12,14). The molecule has 1 rings (SSSR count). The number of nitrogens with one attached hydrogen (secondary N) is 1. The lowest BCUT2D eigenvalue weighted by molar-refractivity contribution is -0.119. The minimum Gasteiger partial charge on any atom is -0.354 e. The second kappa shape index (κ2) is 5.88. The van der Waals surface area contributed by atoms with Gasteiger partial charge < -0.3 is 9.88 Å². The summed E-state index contributed by atoms with van der Waals surface area (Å²) >= 11 is 10.7. The van der Waals surface area contributed by atoms with E-state index in [1.165, 1.54) is 0 Å². The van der Waals surface area contributed by atoms with E-state index in [9.17, 15) is 4.79 Å². The molecule has 78 valence electrons. The number of alkyl halides is 2. The van der Waals surface area contributed by atoms with Crippen molar-refractivity contribution in [3.63, 3.8) is 0 Å². The first-order chi connectivity index (χ1) is 6.70. The molecule has 1 aromatic heterocycles. The minimum atomic E-state index is -0.983. The number of halogens is 2. The number of carbonyl (C=O) groups excluding carboxylic acids is 1. The van der Waals surface area contributed by atoms with Gasteiger partial charge in [0.15, 0.2) is 4.84 Å². The van der Waals surface area contributed by atoms with Crippen molar-refractivity contribution in [2.24, 2.45) is 0 Å². The molecule has 0 aliphatic heterocycles. The molecule has 1 heterocycles. The fourth-order valence-electron chi connectivity index (χ4n) is 0.969. The summed E-state index contributed by atoms with van der Waals surface area (Å²) in [5.41, 5.74) is 0. The smallest absolute Gasteiger partial charge is 0.253 e. The molecule has 1 amide bonds. The Morgan fingerprint density at radius 1 is 1.57 bits per heavy atom. The predicted molar refractivity (Wildman–Crippen MR) is 55.3 cm³/mol. The van der Waals surface area contributed by atoms with Crippen molar-refractivity contribution in [2.75, 3.05) is 6.54 Å². The van der Waals surface area contributed by atoms with E-state index < -0.39 is 4.84 Å². The number of nitrogens with zero attached hydrogens (tertiary/aromatic N) is 2. The second-order valence-electron chi connectivity index (χ2n) is 2.75. The molecule has 0 aliphatic carbocycles. The quantitative estimate of drug-likeness (QED) is 0.616. The first-order valence-electron chi connectivity index (χ1n) is 4.22. The Balaban J connectivity index is 2.08. The monoisotopic (exact) mass is 235 g/mol. The molecular weight excluding hydrogens is 225 g/mol. The maximum absolute atomic E-state index is 10.9. The number of aryl methyl sites for hydroxylation is 1. The maximum Gasteiger partial charge on any atom is 0.253 e. The summed E-state index contributed by atoms with van der Waals surface area (Å²) in [6.07, 6.45) is 6.14. The average molecular weight is 236 g/mol. The summed E-state index contributed by atoms with van der Waals surface area (Å²) < 4.78 is 1.94. The van der Waals surface area contributed by atoms with Gasteiger partial charge in [0.1, 0.15) is 0 Å². The van der Waals surface area contributed by atoms with Crippen molar-refractivity contribution in [3.05, 3.63) is 18.7 Å². The molecule has 0 atom stereocenters. The number of carbonyl (C=O) groups is 1. The molecule has 0 unspecified atom stereocenters. The summed E-state index contributed by atoms with van der Waals surface area (Å²) in [5.74, 6) is -0.348. The van der Waals surface area contributed by atoms with Gasteiger partial charge in [0.25, 0.3) is 5.91 Å². The second-order valence-corrected chi connectivity index (χ2v) is 3.84. The molecule has 0 fully saturated rings. The van der Waals surface area contributed by atoms with Gasteiger partial charge in [0, 0.05) is 25.5 Å². The summed E-state index contributed by atoms with van der Waals surface area (Å²) in [6.45, 7) is 1.38. The molecule has 0 aliphatic rings. The third kappa shape index (κ3) is 3.98. The van der Waals surface area contributed by atoms with E-state index in [4.69, 9.17) is 23.2 Å². The molecule has 0 spiro atoms. The van der Waals surface area contributed by atoms with Gasteiger partial charge in [-0.3, -0.25) is 4.79 Å². The normalized spacial score (nSPS) is 10.5. The van der Waals surface area contributed by atoms with Crippen LogP contribution in [0.4, 0.5) is 0 Å². The Morgan fingerprint density at radius 2 is 2.36 bits per heavy atom. The number of amides is 1. The van der Waals surface area contributed by atoms with Gasteiger partial charge in [0.05, 0.1) is 6.33 Å². The highest BCUT2D eigenvalue weighted by Crippen LogP contribution is 2.00. The SMILES string of the molecule is O=C(NCCCn1ccnc1)C(Cl)Cl. The van der Waals surface area contributed by atoms with Gasteiger partial charge in [-0.1, -0.05) is 23.2 Å². The average Bonchev–Trinajstić information content (AvgIpc) is 2.64. The van der Waals surface area contributed by atoms with Crippen LogP contribution < -0.4 is 5.32 Å². The third-order valence-electron chi connectivity index (χ3n) is 1.65. The zero-order chi connectivity index (χ0) is 10.4. The molecular formula is C8H11Cl2N3O. The highest BCUT2D eigenvalue weighted by Gasteiger charge is 2.09. The largest absolute Gasteiger partial charge is 0.354 e. The highest BCUT2D eigenvalue weighted by atomic mass is 35.5. The van der Waals surface area contributed by atoms with Crippen LogP contribution in [0, 0.1) is 0 Å². The molecule has 0 radical (unpaired) electrons. The fraction of sp³-hybridized carbons (Fsp3) is 0.500. The van der Waals surface area contributed by atoms with Crippen LogP contribution in [0.5, 0.6) is 0 Å². The lowest BCUT2D eigenvalue weighted by atomic mass is 10.4. The molecule has 14 heavy (non-hydrogen) atoms. The fourth-order valence-corrected chi connectivity index (χ4v) is 1.12. The molecule has 4 nitrogen and oxygen atoms in total. The number of hydrogen-bond acceptors (Lipinski definition) is 2. The van der Waals surface area contributed by atoms with Crippen molar-refractivity contribution in [2.45, 2.75) is 17.8 Å². The Morgan fingerprint density at radius 3 is 2.93 bits per heavy atom. The number of imidazole rings is 1. The molecule has 0 bridgehead atoms. The van der Waals surface area contributed by atoms with Gasteiger partial charge in [-0.05, 0) is 6.42 Å². The molecule has 6 heteroatoms. The van der Waals surface area contributed by atoms with Gasteiger partial charge in [-0.2, -0.15) is 0 Å². The molecule has 0 aromatic carbocycles. The summed E-state index contributed by atoms with van der Waals surface area (Å²) in [4.78, 5) is 13.8. The van der Waals surface area contributed by atoms with Crippen LogP contribution in [0.3, 0.4) is 0 Å². The first-order valence-corrected chi connectivity index (χ1v) is 5.09. The number of rotatable bonds is 5. The van der Waals surface area contributed by atoms with E-state index in [1.807, 2.05) is 10.8 Å². The number of hydrogen-bond donors (Lipinski definition) is 1. The van der Waals surface area contributed by atoms with Crippen LogP contribution >= 0.6 is 23.2 Å². The first kappa shape index (κ1) is 11.3. The van der Waals surface area contributed by atoms with Crippen LogP contribution in [0.1, 0.15) is 6.42 Å². The van der Waals surface area contributed by atoms with Crippen LogP contribution in [0.15, 0.2) is 18.7 Å².